The van der Waals surface area contributed by atoms with Crippen LogP contribution in [0.1, 0.15) is 43.0 Å². The molecule has 2 aromatic rings. The number of carbonyl (C=O) groups is 2. The molecule has 4 heteroatoms. The summed E-state index contributed by atoms with van der Waals surface area (Å²) in [5.74, 6) is -0.534. The molecule has 0 saturated carbocycles. The zero-order chi connectivity index (χ0) is 16.9. The van der Waals surface area contributed by atoms with Crippen LogP contribution in [-0.2, 0) is 9.53 Å². The third kappa shape index (κ3) is 3.58. The average Bonchev–Trinajstić information content (AvgIpc) is 2.89. The van der Waals surface area contributed by atoms with Gasteiger partial charge in [0.2, 0.25) is 0 Å². The summed E-state index contributed by atoms with van der Waals surface area (Å²) >= 11 is 0. The van der Waals surface area contributed by atoms with Crippen LogP contribution in [-0.4, -0.2) is 36.0 Å². The second kappa shape index (κ2) is 7.47. The first-order valence-electron chi connectivity index (χ1n) is 8.64. The summed E-state index contributed by atoms with van der Waals surface area (Å²) < 4.78 is 5.47. The molecule has 126 valence electrons. The van der Waals surface area contributed by atoms with Crippen molar-refractivity contribution in [2.45, 2.75) is 38.7 Å². The van der Waals surface area contributed by atoms with Gasteiger partial charge < -0.3 is 9.64 Å². The Balaban J connectivity index is 1.72. The van der Waals surface area contributed by atoms with Crippen LogP contribution in [0.5, 0.6) is 0 Å². The predicted molar refractivity (Wildman–Crippen MR) is 93.9 cm³/mol. The van der Waals surface area contributed by atoms with Crippen LogP contribution in [0.15, 0.2) is 42.5 Å². The largest absolute Gasteiger partial charge is 0.449 e. The molecule has 1 aliphatic rings. The average molecular weight is 325 g/mol. The number of hydrogen-bond acceptors (Lipinski definition) is 3. The van der Waals surface area contributed by atoms with Crippen LogP contribution in [0.25, 0.3) is 10.8 Å². The fourth-order valence-corrected chi connectivity index (χ4v) is 3.23. The number of rotatable bonds is 3. The number of amides is 1. The number of fused-ring (bicyclic) bond motifs is 1. The number of benzene rings is 2. The number of esters is 1. The Kier molecular flexibility index (Phi) is 5.14. The molecule has 24 heavy (non-hydrogen) atoms. The Morgan fingerprint density at radius 1 is 0.958 bits per heavy atom. The van der Waals surface area contributed by atoms with E-state index in [1.54, 1.807) is 13.0 Å². The van der Waals surface area contributed by atoms with E-state index in [1.165, 1.54) is 0 Å². The summed E-state index contributed by atoms with van der Waals surface area (Å²) in [6, 6.07) is 13.2. The Morgan fingerprint density at radius 3 is 2.38 bits per heavy atom. The van der Waals surface area contributed by atoms with Crippen molar-refractivity contribution in [2.75, 3.05) is 13.1 Å². The minimum absolute atomic E-state index is 0.0921. The fourth-order valence-electron chi connectivity index (χ4n) is 3.23. The van der Waals surface area contributed by atoms with E-state index in [9.17, 15) is 9.59 Å². The number of likely N-dealkylation sites (tertiary alicyclic amines) is 1. The van der Waals surface area contributed by atoms with Crippen LogP contribution in [0, 0.1) is 0 Å². The molecule has 0 N–H and O–H groups in total. The molecule has 0 aliphatic carbocycles. The highest BCUT2D eigenvalue weighted by Gasteiger charge is 2.25. The Labute approximate surface area is 142 Å². The summed E-state index contributed by atoms with van der Waals surface area (Å²) in [4.78, 5) is 26.9. The van der Waals surface area contributed by atoms with Crippen molar-refractivity contribution < 1.29 is 14.3 Å². The second-order valence-electron chi connectivity index (χ2n) is 6.31. The third-order valence-corrected chi connectivity index (χ3v) is 4.56. The molecule has 0 spiro atoms. The van der Waals surface area contributed by atoms with E-state index in [4.69, 9.17) is 4.74 Å². The standard InChI is InChI=1S/C20H23NO3/c1-15(19(22)21-13-6-2-3-7-14-21)24-20(23)18-12-8-10-16-9-4-5-11-17(16)18/h4-5,8-12,15H,2-3,6-7,13-14H2,1H3. The summed E-state index contributed by atoms with van der Waals surface area (Å²) in [6.45, 7) is 3.18. The summed E-state index contributed by atoms with van der Waals surface area (Å²) in [5, 5.41) is 1.83. The van der Waals surface area contributed by atoms with E-state index in [0.29, 0.717) is 5.56 Å². The maximum absolute atomic E-state index is 12.5. The van der Waals surface area contributed by atoms with Gasteiger partial charge in [-0.3, -0.25) is 4.79 Å². The number of ether oxygens (including phenoxy) is 1. The first-order chi connectivity index (χ1) is 11.7. The molecule has 3 rings (SSSR count). The van der Waals surface area contributed by atoms with Gasteiger partial charge in [0.1, 0.15) is 0 Å². The maximum Gasteiger partial charge on any atom is 0.339 e. The molecule has 4 nitrogen and oxygen atoms in total. The van der Waals surface area contributed by atoms with Crippen LogP contribution in [0.2, 0.25) is 0 Å². The van der Waals surface area contributed by atoms with Crippen molar-refractivity contribution in [3.8, 4) is 0 Å². The van der Waals surface area contributed by atoms with Gasteiger partial charge in [0.25, 0.3) is 5.91 Å². The van der Waals surface area contributed by atoms with E-state index in [1.807, 2.05) is 41.3 Å². The predicted octanol–water partition coefficient (Wildman–Crippen LogP) is 3.79. The van der Waals surface area contributed by atoms with Crippen molar-refractivity contribution >= 4 is 22.6 Å². The normalized spacial score (nSPS) is 16.5. The maximum atomic E-state index is 12.5. The van der Waals surface area contributed by atoms with Crippen molar-refractivity contribution in [1.82, 2.24) is 4.90 Å². The highest BCUT2D eigenvalue weighted by atomic mass is 16.5. The van der Waals surface area contributed by atoms with Crippen molar-refractivity contribution in [3.63, 3.8) is 0 Å². The van der Waals surface area contributed by atoms with Gasteiger partial charge in [0.05, 0.1) is 5.56 Å². The van der Waals surface area contributed by atoms with Gasteiger partial charge in [-0.2, -0.15) is 0 Å². The Hall–Kier alpha value is -2.36. The highest BCUT2D eigenvalue weighted by molar-refractivity contribution is 6.05. The topological polar surface area (TPSA) is 46.6 Å². The van der Waals surface area contributed by atoms with Gasteiger partial charge in [0.15, 0.2) is 6.10 Å². The van der Waals surface area contributed by atoms with Gasteiger partial charge in [-0.05, 0) is 36.6 Å². The smallest absolute Gasteiger partial charge is 0.339 e. The molecular formula is C20H23NO3. The first kappa shape index (κ1) is 16.5. The third-order valence-electron chi connectivity index (χ3n) is 4.56. The lowest BCUT2D eigenvalue weighted by molar-refractivity contribution is -0.139. The highest BCUT2D eigenvalue weighted by Crippen LogP contribution is 2.20. The Morgan fingerprint density at radius 2 is 1.62 bits per heavy atom. The molecule has 0 aromatic heterocycles. The van der Waals surface area contributed by atoms with Crippen molar-refractivity contribution in [3.05, 3.63) is 48.0 Å². The molecule has 1 unspecified atom stereocenters. The van der Waals surface area contributed by atoms with Gasteiger partial charge in [-0.25, -0.2) is 4.79 Å². The molecule has 1 aliphatic heterocycles. The van der Waals surface area contributed by atoms with E-state index < -0.39 is 12.1 Å². The minimum atomic E-state index is -0.755. The van der Waals surface area contributed by atoms with Crippen molar-refractivity contribution in [2.24, 2.45) is 0 Å². The molecule has 1 atom stereocenters. The van der Waals surface area contributed by atoms with Gasteiger partial charge in [-0.15, -0.1) is 0 Å². The summed E-state index contributed by atoms with van der Waals surface area (Å²) in [5.41, 5.74) is 0.503. The van der Waals surface area contributed by atoms with Crippen molar-refractivity contribution in [1.29, 1.82) is 0 Å². The zero-order valence-electron chi connectivity index (χ0n) is 14.0. The monoisotopic (exact) mass is 325 g/mol. The van der Waals surface area contributed by atoms with Crippen LogP contribution >= 0.6 is 0 Å². The van der Waals surface area contributed by atoms with Gasteiger partial charge in [0, 0.05) is 13.1 Å². The number of carbonyl (C=O) groups excluding carboxylic acids is 2. The summed E-state index contributed by atoms with van der Waals surface area (Å²) in [7, 11) is 0. The molecule has 0 radical (unpaired) electrons. The molecule has 0 bridgehead atoms. The number of nitrogens with zero attached hydrogens (tertiary/aromatic N) is 1. The Bertz CT molecular complexity index is 727. The van der Waals surface area contributed by atoms with E-state index in [2.05, 4.69) is 0 Å². The quantitative estimate of drug-likeness (QED) is 0.807. The van der Waals surface area contributed by atoms with Crippen LogP contribution < -0.4 is 0 Å². The molecule has 1 saturated heterocycles. The lowest BCUT2D eigenvalue weighted by Crippen LogP contribution is -2.40. The van der Waals surface area contributed by atoms with E-state index in [-0.39, 0.29) is 5.91 Å². The van der Waals surface area contributed by atoms with Gasteiger partial charge in [-0.1, -0.05) is 49.2 Å². The van der Waals surface area contributed by atoms with Gasteiger partial charge >= 0.3 is 5.97 Å². The molecule has 1 amide bonds. The van der Waals surface area contributed by atoms with E-state index in [0.717, 1.165) is 49.5 Å². The molecule has 2 aromatic carbocycles. The molecular weight excluding hydrogens is 302 g/mol. The number of hydrogen-bond donors (Lipinski definition) is 0. The molecule has 1 fully saturated rings. The fraction of sp³-hybridized carbons (Fsp3) is 0.400. The lowest BCUT2D eigenvalue weighted by Gasteiger charge is -2.24. The van der Waals surface area contributed by atoms with Crippen LogP contribution in [0.3, 0.4) is 0 Å². The minimum Gasteiger partial charge on any atom is -0.449 e. The second-order valence-corrected chi connectivity index (χ2v) is 6.31. The van der Waals surface area contributed by atoms with Crippen LogP contribution in [0.4, 0.5) is 0 Å². The molecule has 1 heterocycles. The SMILES string of the molecule is CC(OC(=O)c1cccc2ccccc12)C(=O)N1CCCCCC1. The lowest BCUT2D eigenvalue weighted by atomic mass is 10.0. The van der Waals surface area contributed by atoms with E-state index >= 15 is 0 Å². The first-order valence-corrected chi connectivity index (χ1v) is 8.64. The zero-order valence-corrected chi connectivity index (χ0v) is 14.0. The summed E-state index contributed by atoms with van der Waals surface area (Å²) in [6.07, 6.45) is 3.61.